The van der Waals surface area contributed by atoms with Gasteiger partial charge in [0, 0.05) is 57.6 Å². The van der Waals surface area contributed by atoms with Gasteiger partial charge in [0.1, 0.15) is 11.6 Å². The van der Waals surface area contributed by atoms with Crippen molar-refractivity contribution in [1.82, 2.24) is 19.8 Å². The average Bonchev–Trinajstić information content (AvgIpc) is 2.60. The van der Waals surface area contributed by atoms with Crippen molar-refractivity contribution in [3.8, 4) is 0 Å². The van der Waals surface area contributed by atoms with Gasteiger partial charge in [0.2, 0.25) is 0 Å². The van der Waals surface area contributed by atoms with E-state index in [2.05, 4.69) is 68.1 Å². The second kappa shape index (κ2) is 8.41. The summed E-state index contributed by atoms with van der Waals surface area (Å²) in [5.41, 5.74) is 2.43. The van der Waals surface area contributed by atoms with Crippen LogP contribution in [0.2, 0.25) is 0 Å². The van der Waals surface area contributed by atoms with E-state index in [1.165, 1.54) is 5.56 Å². The zero-order valence-electron chi connectivity index (χ0n) is 15.6. The standard InChI is InChI=1S/C20H29N5/c1-17-15-20(22-18(2)21-17)25-13-11-24(12-14-25)10-9-23(3)16-19-7-5-4-6-8-19/h4-8,15H,9-14,16H2,1-3H3. The molecule has 2 aromatic rings. The van der Waals surface area contributed by atoms with Gasteiger partial charge in [0.05, 0.1) is 0 Å². The van der Waals surface area contributed by atoms with E-state index in [1.54, 1.807) is 0 Å². The highest BCUT2D eigenvalue weighted by atomic mass is 15.3. The Kier molecular flexibility index (Phi) is 6.00. The smallest absolute Gasteiger partial charge is 0.132 e. The van der Waals surface area contributed by atoms with E-state index in [1.807, 2.05) is 13.8 Å². The topological polar surface area (TPSA) is 35.5 Å². The third-order valence-corrected chi connectivity index (χ3v) is 4.74. The van der Waals surface area contributed by atoms with E-state index in [0.717, 1.165) is 63.1 Å². The van der Waals surface area contributed by atoms with Crippen LogP contribution >= 0.6 is 0 Å². The van der Waals surface area contributed by atoms with Crippen molar-refractivity contribution in [1.29, 1.82) is 0 Å². The predicted molar refractivity (Wildman–Crippen MR) is 103 cm³/mol. The maximum Gasteiger partial charge on any atom is 0.132 e. The van der Waals surface area contributed by atoms with Gasteiger partial charge in [0.15, 0.2) is 0 Å². The largest absolute Gasteiger partial charge is 0.354 e. The Morgan fingerprint density at radius 3 is 2.40 bits per heavy atom. The molecule has 0 radical (unpaired) electrons. The van der Waals surface area contributed by atoms with Gasteiger partial charge in [-0.05, 0) is 26.5 Å². The number of aromatic nitrogens is 2. The maximum atomic E-state index is 4.59. The summed E-state index contributed by atoms with van der Waals surface area (Å²) in [4.78, 5) is 16.3. The van der Waals surface area contributed by atoms with Gasteiger partial charge < -0.3 is 9.80 Å². The van der Waals surface area contributed by atoms with E-state index < -0.39 is 0 Å². The fourth-order valence-electron chi connectivity index (χ4n) is 3.35. The van der Waals surface area contributed by atoms with Gasteiger partial charge in [-0.15, -0.1) is 0 Å². The van der Waals surface area contributed by atoms with Crippen LogP contribution in [0, 0.1) is 13.8 Å². The van der Waals surface area contributed by atoms with Crippen LogP contribution in [0.25, 0.3) is 0 Å². The van der Waals surface area contributed by atoms with Crippen LogP contribution in [-0.2, 0) is 6.54 Å². The molecule has 0 N–H and O–H groups in total. The number of benzene rings is 1. The van der Waals surface area contributed by atoms with E-state index >= 15 is 0 Å². The Bertz CT molecular complexity index is 645. The van der Waals surface area contributed by atoms with Gasteiger partial charge >= 0.3 is 0 Å². The zero-order chi connectivity index (χ0) is 17.6. The Hall–Kier alpha value is -1.98. The molecule has 1 aliphatic rings. The molecule has 0 unspecified atom stereocenters. The molecule has 0 spiro atoms. The molecule has 5 heteroatoms. The molecule has 0 atom stereocenters. The molecule has 1 aromatic carbocycles. The summed E-state index contributed by atoms with van der Waals surface area (Å²) in [6.07, 6.45) is 0. The summed E-state index contributed by atoms with van der Waals surface area (Å²) in [5.74, 6) is 1.94. The van der Waals surface area contributed by atoms with Crippen molar-refractivity contribution in [3.05, 3.63) is 53.5 Å². The highest BCUT2D eigenvalue weighted by Crippen LogP contribution is 2.15. The van der Waals surface area contributed by atoms with Crippen molar-refractivity contribution in [2.75, 3.05) is 51.2 Å². The number of piperazine rings is 1. The Morgan fingerprint density at radius 1 is 1.00 bits per heavy atom. The van der Waals surface area contributed by atoms with Crippen LogP contribution in [0.1, 0.15) is 17.1 Å². The summed E-state index contributed by atoms with van der Waals surface area (Å²) in [7, 11) is 2.20. The van der Waals surface area contributed by atoms with Crippen LogP contribution in [0.15, 0.2) is 36.4 Å². The monoisotopic (exact) mass is 339 g/mol. The first-order valence-corrected chi connectivity index (χ1v) is 9.12. The van der Waals surface area contributed by atoms with Gasteiger partial charge in [-0.1, -0.05) is 30.3 Å². The number of likely N-dealkylation sites (N-methyl/N-ethyl adjacent to an activating group) is 1. The number of aryl methyl sites for hydroxylation is 2. The molecule has 1 fully saturated rings. The first kappa shape index (κ1) is 17.8. The summed E-state index contributed by atoms with van der Waals surface area (Å²) in [5, 5.41) is 0. The Morgan fingerprint density at radius 2 is 1.72 bits per heavy atom. The lowest BCUT2D eigenvalue weighted by Crippen LogP contribution is -2.48. The molecule has 134 valence electrons. The number of hydrogen-bond donors (Lipinski definition) is 0. The van der Waals surface area contributed by atoms with Crippen molar-refractivity contribution in [3.63, 3.8) is 0 Å². The number of rotatable bonds is 6. The lowest BCUT2D eigenvalue weighted by molar-refractivity contribution is 0.212. The average molecular weight is 339 g/mol. The molecule has 1 aromatic heterocycles. The maximum absolute atomic E-state index is 4.59. The van der Waals surface area contributed by atoms with E-state index in [9.17, 15) is 0 Å². The summed E-state index contributed by atoms with van der Waals surface area (Å²) < 4.78 is 0. The molecule has 5 nitrogen and oxygen atoms in total. The quantitative estimate of drug-likeness (QED) is 0.807. The van der Waals surface area contributed by atoms with Crippen LogP contribution in [0.5, 0.6) is 0 Å². The van der Waals surface area contributed by atoms with Gasteiger partial charge in [0.25, 0.3) is 0 Å². The zero-order valence-corrected chi connectivity index (χ0v) is 15.6. The number of hydrogen-bond acceptors (Lipinski definition) is 5. The molecule has 0 saturated carbocycles. The van der Waals surface area contributed by atoms with Crippen molar-refractivity contribution >= 4 is 5.82 Å². The first-order valence-electron chi connectivity index (χ1n) is 9.12. The van der Waals surface area contributed by atoms with E-state index in [-0.39, 0.29) is 0 Å². The Labute approximate surface area is 151 Å². The molecule has 0 amide bonds. The molecule has 1 saturated heterocycles. The SMILES string of the molecule is Cc1cc(N2CCN(CCN(C)Cc3ccccc3)CC2)nc(C)n1. The normalized spacial score (nSPS) is 15.8. The lowest BCUT2D eigenvalue weighted by atomic mass is 10.2. The molecular weight excluding hydrogens is 310 g/mol. The molecule has 1 aliphatic heterocycles. The fourth-order valence-corrected chi connectivity index (χ4v) is 3.35. The number of nitrogens with zero attached hydrogens (tertiary/aromatic N) is 5. The minimum atomic E-state index is 0.861. The highest BCUT2D eigenvalue weighted by molar-refractivity contribution is 5.40. The lowest BCUT2D eigenvalue weighted by Gasteiger charge is -2.36. The summed E-state index contributed by atoms with van der Waals surface area (Å²) in [6, 6.07) is 12.8. The summed E-state index contributed by atoms with van der Waals surface area (Å²) >= 11 is 0. The molecular formula is C20H29N5. The molecule has 25 heavy (non-hydrogen) atoms. The molecule has 0 bridgehead atoms. The first-order chi connectivity index (χ1) is 12.1. The Balaban J connectivity index is 1.43. The van der Waals surface area contributed by atoms with E-state index in [4.69, 9.17) is 0 Å². The van der Waals surface area contributed by atoms with Gasteiger partial charge in [-0.25, -0.2) is 9.97 Å². The third-order valence-electron chi connectivity index (χ3n) is 4.74. The van der Waals surface area contributed by atoms with Crippen LogP contribution < -0.4 is 4.90 Å². The minimum absolute atomic E-state index is 0.861. The minimum Gasteiger partial charge on any atom is -0.354 e. The van der Waals surface area contributed by atoms with Gasteiger partial charge in [-0.3, -0.25) is 4.90 Å². The van der Waals surface area contributed by atoms with E-state index in [0.29, 0.717) is 0 Å². The molecule has 0 aliphatic carbocycles. The highest BCUT2D eigenvalue weighted by Gasteiger charge is 2.18. The third kappa shape index (κ3) is 5.25. The van der Waals surface area contributed by atoms with Gasteiger partial charge in [-0.2, -0.15) is 0 Å². The second-order valence-corrected chi connectivity index (χ2v) is 6.97. The van der Waals surface area contributed by atoms with Crippen molar-refractivity contribution < 1.29 is 0 Å². The van der Waals surface area contributed by atoms with Crippen LogP contribution in [-0.4, -0.2) is 66.1 Å². The van der Waals surface area contributed by atoms with Crippen molar-refractivity contribution in [2.24, 2.45) is 0 Å². The molecule has 2 heterocycles. The second-order valence-electron chi connectivity index (χ2n) is 6.97. The van der Waals surface area contributed by atoms with Crippen molar-refractivity contribution in [2.45, 2.75) is 20.4 Å². The number of anilines is 1. The summed E-state index contributed by atoms with van der Waals surface area (Å²) in [6.45, 7) is 11.5. The fraction of sp³-hybridized carbons (Fsp3) is 0.500. The van der Waals surface area contributed by atoms with Crippen LogP contribution in [0.3, 0.4) is 0 Å². The molecule has 3 rings (SSSR count). The predicted octanol–water partition coefficient (Wildman–Crippen LogP) is 2.35. The van der Waals surface area contributed by atoms with Crippen LogP contribution in [0.4, 0.5) is 5.82 Å².